The number of hydrogen-bond donors (Lipinski definition) is 1. The van der Waals surface area contributed by atoms with E-state index in [-0.39, 0.29) is 42.5 Å². The van der Waals surface area contributed by atoms with Gasteiger partial charge in [-0.25, -0.2) is 0 Å². The molecule has 4 rings (SSSR count). The van der Waals surface area contributed by atoms with E-state index < -0.39 is 0 Å². The smallest absolute Gasteiger partial charge is 0.164 e. The number of rotatable bonds is 8. The zero-order valence-corrected chi connectivity index (χ0v) is 27.9. The number of aliphatic hydroxyl groups excluding tert-OH is 1. The Hall–Kier alpha value is -2.75. The maximum atomic E-state index is 12.2. The summed E-state index contributed by atoms with van der Waals surface area (Å²) in [6, 6.07) is 17.9. The monoisotopic (exact) mass is 719 g/mol. The minimum absolute atomic E-state index is 0. The van der Waals surface area contributed by atoms with Crippen LogP contribution >= 0.6 is 0 Å². The van der Waals surface area contributed by atoms with Crippen LogP contribution in [0.1, 0.15) is 84.1 Å². The van der Waals surface area contributed by atoms with Gasteiger partial charge in [0.2, 0.25) is 0 Å². The van der Waals surface area contributed by atoms with Gasteiger partial charge in [-0.3, -0.25) is 9.78 Å². The fourth-order valence-electron chi connectivity index (χ4n) is 4.75. The second-order valence-corrected chi connectivity index (χ2v) is 11.3. The number of ketones is 1. The Labute approximate surface area is 253 Å². The van der Waals surface area contributed by atoms with Crippen molar-refractivity contribution >= 4 is 27.7 Å². The largest absolute Gasteiger partial charge is 0.512 e. The molecule has 2 aromatic carbocycles. The molecule has 0 spiro atoms. The van der Waals surface area contributed by atoms with E-state index in [9.17, 15) is 9.90 Å². The summed E-state index contributed by atoms with van der Waals surface area (Å²) in [5.74, 6) is 1.19. The number of benzene rings is 2. The third kappa shape index (κ3) is 7.11. The molecule has 2 heterocycles. The maximum Gasteiger partial charge on any atom is 0.164 e. The van der Waals surface area contributed by atoms with E-state index in [2.05, 4.69) is 44.2 Å². The summed E-state index contributed by atoms with van der Waals surface area (Å²) >= 11 is 0. The first-order valence-corrected chi connectivity index (χ1v) is 14.2. The first-order valence-electron chi connectivity index (χ1n) is 14.2. The van der Waals surface area contributed by atoms with Gasteiger partial charge in [-0.2, -0.15) is 0 Å². The van der Waals surface area contributed by atoms with Gasteiger partial charge >= 0.3 is 0 Å². The Kier molecular flexibility index (Phi) is 11.5. The molecule has 0 unspecified atom stereocenters. The minimum atomic E-state index is -0.337. The van der Waals surface area contributed by atoms with Gasteiger partial charge in [0, 0.05) is 47.8 Å². The third-order valence-electron chi connectivity index (χ3n) is 8.50. The van der Waals surface area contributed by atoms with Crippen LogP contribution in [-0.2, 0) is 24.9 Å². The molecule has 1 radical (unpaired) electrons. The van der Waals surface area contributed by atoms with Crippen molar-refractivity contribution < 1.29 is 34.4 Å². The van der Waals surface area contributed by atoms with E-state index in [0.29, 0.717) is 0 Å². The fourth-order valence-corrected chi connectivity index (χ4v) is 4.75. The normalized spacial score (nSPS) is 12.2. The third-order valence-corrected chi connectivity index (χ3v) is 8.50. The molecule has 0 saturated heterocycles. The molecule has 1 N–H and O–H groups in total. The van der Waals surface area contributed by atoms with E-state index >= 15 is 0 Å². The molecule has 217 valence electrons. The van der Waals surface area contributed by atoms with Crippen LogP contribution in [0.15, 0.2) is 58.7 Å². The second kappa shape index (κ2) is 13.7. The van der Waals surface area contributed by atoms with Crippen LogP contribution in [0.25, 0.3) is 33.1 Å². The Morgan fingerprint density at radius 3 is 2.10 bits per heavy atom. The van der Waals surface area contributed by atoms with Crippen LogP contribution in [0.4, 0.5) is 0 Å². The fraction of sp³-hybridized carbons (Fsp3) is 0.429. The summed E-state index contributed by atoms with van der Waals surface area (Å²) in [6.45, 7) is 18.2. The maximum absolute atomic E-state index is 12.2. The number of furan rings is 1. The minimum Gasteiger partial charge on any atom is -0.512 e. The van der Waals surface area contributed by atoms with Crippen LogP contribution in [0.5, 0.6) is 0 Å². The van der Waals surface area contributed by atoms with E-state index in [4.69, 9.17) is 9.40 Å². The molecule has 40 heavy (non-hydrogen) atoms. The summed E-state index contributed by atoms with van der Waals surface area (Å²) in [4.78, 5) is 17.1. The number of nitrogens with zero attached hydrogens (tertiary/aromatic N) is 1. The number of aliphatic hydroxyl groups is 1. The molecule has 0 fully saturated rings. The number of carbonyl (C=O) groups is 1. The first-order chi connectivity index (χ1) is 18.4. The number of allylic oxidation sites excluding steroid dienone is 2. The number of fused-ring (bicyclic) bond motifs is 3. The van der Waals surface area contributed by atoms with Crippen molar-refractivity contribution in [2.24, 2.45) is 10.8 Å². The van der Waals surface area contributed by atoms with Crippen molar-refractivity contribution in [1.82, 2.24) is 4.98 Å². The van der Waals surface area contributed by atoms with Crippen molar-refractivity contribution in [3.8, 4) is 11.3 Å². The zero-order valence-electron chi connectivity index (χ0n) is 25.5. The Morgan fingerprint density at radius 2 is 1.52 bits per heavy atom. The van der Waals surface area contributed by atoms with E-state index in [0.717, 1.165) is 70.1 Å². The number of aromatic nitrogens is 1. The standard InChI is InChI=1S/C20H16NO.C15H28O2.Ir/c1-12-8-13(2)10-15(9-12)19-17-11-14(3)22-20(17)16-6-4-5-7-18(16)21-19;1-7-14(5,8-2)12(16)11-13(17)15(6,9-3)10-4;/h4-9,11H,1-3H3;11,16H,7-10H2,1-6H3;/q-1;;/b;12-11-;. The molecule has 0 bridgehead atoms. The Bertz CT molecular complexity index is 1470. The van der Waals surface area contributed by atoms with Gasteiger partial charge in [0.25, 0.3) is 0 Å². The Balaban J connectivity index is 0.000000285. The van der Waals surface area contributed by atoms with Crippen LogP contribution < -0.4 is 0 Å². The van der Waals surface area contributed by atoms with Crippen LogP contribution in [0, 0.1) is 37.7 Å². The summed E-state index contributed by atoms with van der Waals surface area (Å²) < 4.78 is 5.95. The van der Waals surface area contributed by atoms with Gasteiger partial charge in [-0.05, 0) is 56.5 Å². The molecule has 0 amide bonds. The number of pyridine rings is 1. The Morgan fingerprint density at radius 1 is 0.925 bits per heavy atom. The second-order valence-electron chi connectivity index (χ2n) is 11.3. The predicted molar refractivity (Wildman–Crippen MR) is 163 cm³/mol. The van der Waals surface area contributed by atoms with E-state index in [1.165, 1.54) is 11.6 Å². The van der Waals surface area contributed by atoms with Gasteiger partial charge in [0.05, 0.1) is 5.52 Å². The van der Waals surface area contributed by atoms with Crippen molar-refractivity contribution in [3.05, 3.63) is 77.3 Å². The molecule has 4 aromatic rings. The van der Waals surface area contributed by atoms with Gasteiger partial charge in [0.1, 0.15) is 17.1 Å². The van der Waals surface area contributed by atoms with Gasteiger partial charge in [0.15, 0.2) is 5.78 Å². The molecule has 5 heteroatoms. The molecule has 2 aromatic heterocycles. The molecule has 4 nitrogen and oxygen atoms in total. The molecule has 0 aliphatic heterocycles. The summed E-state index contributed by atoms with van der Waals surface area (Å²) in [5.41, 5.74) is 5.56. The van der Waals surface area contributed by atoms with Gasteiger partial charge in [-0.1, -0.05) is 67.5 Å². The van der Waals surface area contributed by atoms with Gasteiger partial charge < -0.3 is 9.52 Å². The number of hydrogen-bond acceptors (Lipinski definition) is 4. The summed E-state index contributed by atoms with van der Waals surface area (Å²) in [7, 11) is 0. The van der Waals surface area contributed by atoms with Crippen molar-refractivity contribution in [3.63, 3.8) is 0 Å². The summed E-state index contributed by atoms with van der Waals surface area (Å²) in [5, 5.41) is 12.2. The van der Waals surface area contributed by atoms with Crippen molar-refractivity contribution in [1.29, 1.82) is 0 Å². The average molecular weight is 719 g/mol. The van der Waals surface area contributed by atoms with Crippen LogP contribution in [-0.4, -0.2) is 15.9 Å². The molecular weight excluding hydrogens is 675 g/mol. The molecular formula is C35H44IrNO3-. The van der Waals surface area contributed by atoms with E-state index in [1.807, 2.05) is 66.7 Å². The summed E-state index contributed by atoms with van der Waals surface area (Å²) in [6.07, 6.45) is 4.75. The predicted octanol–water partition coefficient (Wildman–Crippen LogP) is 10.0. The molecule has 0 atom stereocenters. The van der Waals surface area contributed by atoms with Crippen molar-refractivity contribution in [2.45, 2.75) is 88.0 Å². The SMILES string of the molecule is CCC(C)(CC)C(=O)/C=C(\O)C(C)(CC)CC.Cc1[c-]c(-c2nc3ccccc3c3oc(C)cc23)cc(C)c1.[Ir]. The number of aryl methyl sites for hydroxylation is 3. The average Bonchev–Trinajstić information content (AvgIpc) is 3.32. The number of para-hydroxylation sites is 1. The first kappa shape index (κ1) is 33.5. The number of carbonyl (C=O) groups excluding carboxylic acids is 1. The molecule has 0 aliphatic carbocycles. The zero-order chi connectivity index (χ0) is 29.0. The molecule has 0 aliphatic rings. The van der Waals surface area contributed by atoms with E-state index in [1.54, 1.807) is 0 Å². The van der Waals surface area contributed by atoms with Crippen LogP contribution in [0.3, 0.4) is 0 Å². The molecule has 0 saturated carbocycles. The van der Waals surface area contributed by atoms with Gasteiger partial charge in [-0.15, -0.1) is 34.9 Å². The van der Waals surface area contributed by atoms with Crippen LogP contribution in [0.2, 0.25) is 0 Å². The topological polar surface area (TPSA) is 63.3 Å². The van der Waals surface area contributed by atoms with Crippen molar-refractivity contribution in [2.75, 3.05) is 0 Å². The quantitative estimate of drug-likeness (QED) is 0.112.